The third-order valence-corrected chi connectivity index (χ3v) is 6.14. The lowest BCUT2D eigenvalue weighted by molar-refractivity contribution is -0.131. The first-order valence-electron chi connectivity index (χ1n) is 10.1. The molecular formula is C20H28N4O4. The number of aromatic nitrogens is 1. The molecule has 4 rings (SSSR count). The van der Waals surface area contributed by atoms with Gasteiger partial charge in [0.05, 0.1) is 24.5 Å². The molecule has 0 radical (unpaired) electrons. The Bertz CT molecular complexity index is 787. The summed E-state index contributed by atoms with van der Waals surface area (Å²) >= 11 is 0. The van der Waals surface area contributed by atoms with Crippen LogP contribution in [0.4, 0.5) is 5.82 Å². The van der Waals surface area contributed by atoms with Crippen LogP contribution in [-0.4, -0.2) is 66.3 Å². The fourth-order valence-corrected chi connectivity index (χ4v) is 4.64. The van der Waals surface area contributed by atoms with Crippen molar-refractivity contribution in [3.63, 3.8) is 0 Å². The predicted molar refractivity (Wildman–Crippen MR) is 103 cm³/mol. The van der Waals surface area contributed by atoms with Gasteiger partial charge in [0.2, 0.25) is 11.8 Å². The zero-order valence-corrected chi connectivity index (χ0v) is 16.7. The maximum atomic E-state index is 13.1. The van der Waals surface area contributed by atoms with Crippen molar-refractivity contribution in [3.05, 3.63) is 24.0 Å². The van der Waals surface area contributed by atoms with Gasteiger partial charge in [-0.1, -0.05) is 31.2 Å². The molecule has 2 saturated heterocycles. The van der Waals surface area contributed by atoms with Crippen LogP contribution in [0.3, 0.4) is 0 Å². The topological polar surface area (TPSA) is 87.9 Å². The van der Waals surface area contributed by atoms with Crippen molar-refractivity contribution in [1.82, 2.24) is 15.4 Å². The highest BCUT2D eigenvalue weighted by Gasteiger charge is 2.67. The molecule has 0 saturated carbocycles. The molecule has 4 heterocycles. The first-order valence-corrected chi connectivity index (χ1v) is 10.1. The monoisotopic (exact) mass is 388 g/mol. The minimum atomic E-state index is -0.738. The third kappa shape index (κ3) is 3.04. The summed E-state index contributed by atoms with van der Waals surface area (Å²) in [5.74, 6) is -0.118. The Balaban J connectivity index is 1.42. The SMILES string of the molecule is CCN(CC)CCCNC(=O)[C@@H]1[C@@H]2C=C[C@]3(CN(c4cc(C)on4)C(=O)[C@H]13)O2. The molecule has 1 aromatic rings. The van der Waals surface area contributed by atoms with Gasteiger partial charge in [-0.05, 0) is 33.0 Å². The van der Waals surface area contributed by atoms with Gasteiger partial charge in [-0.2, -0.15) is 0 Å². The fourth-order valence-electron chi connectivity index (χ4n) is 4.64. The summed E-state index contributed by atoms with van der Waals surface area (Å²) in [6.07, 6.45) is 4.41. The minimum Gasteiger partial charge on any atom is -0.360 e. The van der Waals surface area contributed by atoms with Crippen molar-refractivity contribution >= 4 is 17.6 Å². The molecule has 3 aliphatic heterocycles. The molecule has 2 bridgehead atoms. The van der Waals surface area contributed by atoms with Crippen molar-refractivity contribution in [3.8, 4) is 0 Å². The van der Waals surface area contributed by atoms with E-state index < -0.39 is 17.4 Å². The number of hydrogen-bond donors (Lipinski definition) is 1. The summed E-state index contributed by atoms with van der Waals surface area (Å²) in [7, 11) is 0. The van der Waals surface area contributed by atoms with Crippen LogP contribution in [0.1, 0.15) is 26.0 Å². The van der Waals surface area contributed by atoms with Gasteiger partial charge in [-0.3, -0.25) is 14.5 Å². The number of nitrogens with zero attached hydrogens (tertiary/aromatic N) is 3. The molecule has 1 spiro atoms. The number of carbonyl (C=O) groups is 2. The maximum absolute atomic E-state index is 13.1. The van der Waals surface area contributed by atoms with Gasteiger partial charge in [-0.25, -0.2) is 0 Å². The average molecular weight is 388 g/mol. The standard InChI is InChI=1S/C20H28N4O4/c1-4-23(5-2)10-6-9-21-18(25)16-14-7-8-20(27-14)12-24(19(26)17(16)20)15-11-13(3)28-22-15/h7-8,11,14,16-17H,4-6,9-10,12H2,1-3H3,(H,21,25)/t14-,16+,17-,20+/m0/s1. The fraction of sp³-hybridized carbons (Fsp3) is 0.650. The molecule has 0 aromatic carbocycles. The second-order valence-corrected chi connectivity index (χ2v) is 7.79. The Hall–Kier alpha value is -2.19. The van der Waals surface area contributed by atoms with Gasteiger partial charge < -0.3 is 19.5 Å². The van der Waals surface area contributed by atoms with Gasteiger partial charge in [-0.15, -0.1) is 0 Å². The highest BCUT2D eigenvalue weighted by molar-refractivity contribution is 6.02. The molecule has 2 fully saturated rings. The molecule has 1 aromatic heterocycles. The number of aryl methyl sites for hydroxylation is 1. The van der Waals surface area contributed by atoms with Gasteiger partial charge in [0.1, 0.15) is 11.4 Å². The summed E-state index contributed by atoms with van der Waals surface area (Å²) in [6, 6.07) is 1.73. The largest absolute Gasteiger partial charge is 0.360 e. The van der Waals surface area contributed by atoms with E-state index in [4.69, 9.17) is 9.26 Å². The normalized spacial score (nSPS) is 30.5. The first kappa shape index (κ1) is 19.1. The first-order chi connectivity index (χ1) is 13.5. The van der Waals surface area contributed by atoms with E-state index in [9.17, 15) is 9.59 Å². The van der Waals surface area contributed by atoms with Gasteiger partial charge >= 0.3 is 0 Å². The molecule has 3 aliphatic rings. The number of rotatable bonds is 8. The highest BCUT2D eigenvalue weighted by Crippen LogP contribution is 2.52. The quantitative estimate of drug-likeness (QED) is 0.530. The minimum absolute atomic E-state index is 0.104. The summed E-state index contributed by atoms with van der Waals surface area (Å²) in [4.78, 5) is 29.9. The van der Waals surface area contributed by atoms with Gasteiger partial charge in [0.15, 0.2) is 5.82 Å². The Labute approximate surface area is 164 Å². The van der Waals surface area contributed by atoms with Crippen LogP contribution >= 0.6 is 0 Å². The van der Waals surface area contributed by atoms with Crippen LogP contribution in [0.25, 0.3) is 0 Å². The zero-order valence-electron chi connectivity index (χ0n) is 16.7. The Morgan fingerprint density at radius 1 is 1.43 bits per heavy atom. The van der Waals surface area contributed by atoms with E-state index in [0.29, 0.717) is 24.7 Å². The summed E-state index contributed by atoms with van der Waals surface area (Å²) in [5, 5.41) is 6.98. The second kappa shape index (κ2) is 7.33. The molecular weight excluding hydrogens is 360 g/mol. The Morgan fingerprint density at radius 3 is 2.89 bits per heavy atom. The number of amides is 2. The van der Waals surface area contributed by atoms with Crippen LogP contribution in [0.2, 0.25) is 0 Å². The van der Waals surface area contributed by atoms with E-state index in [0.717, 1.165) is 26.1 Å². The maximum Gasteiger partial charge on any atom is 0.235 e. The van der Waals surface area contributed by atoms with Crippen molar-refractivity contribution in [1.29, 1.82) is 0 Å². The van der Waals surface area contributed by atoms with Crippen LogP contribution in [0, 0.1) is 18.8 Å². The molecule has 2 amide bonds. The highest BCUT2D eigenvalue weighted by atomic mass is 16.5. The molecule has 4 atom stereocenters. The molecule has 8 heteroatoms. The molecule has 152 valence electrons. The van der Waals surface area contributed by atoms with Crippen LogP contribution in [0.15, 0.2) is 22.7 Å². The summed E-state index contributed by atoms with van der Waals surface area (Å²) in [5.41, 5.74) is -0.738. The van der Waals surface area contributed by atoms with E-state index in [1.807, 2.05) is 12.2 Å². The number of anilines is 1. The smallest absolute Gasteiger partial charge is 0.235 e. The summed E-state index contributed by atoms with van der Waals surface area (Å²) in [6.45, 7) is 9.97. The Kier molecular flexibility index (Phi) is 5.01. The molecule has 8 nitrogen and oxygen atoms in total. The average Bonchev–Trinajstić information content (AvgIpc) is 3.43. The van der Waals surface area contributed by atoms with E-state index in [1.54, 1.807) is 17.9 Å². The molecule has 0 unspecified atom stereocenters. The Morgan fingerprint density at radius 2 is 2.21 bits per heavy atom. The predicted octanol–water partition coefficient (Wildman–Crippen LogP) is 1.12. The van der Waals surface area contributed by atoms with E-state index in [2.05, 4.69) is 29.2 Å². The summed E-state index contributed by atoms with van der Waals surface area (Å²) < 4.78 is 11.2. The number of fused-ring (bicyclic) bond motifs is 1. The third-order valence-electron chi connectivity index (χ3n) is 6.14. The number of nitrogens with one attached hydrogen (secondary N) is 1. The van der Waals surface area contributed by atoms with Gasteiger partial charge in [0, 0.05) is 12.6 Å². The lowest BCUT2D eigenvalue weighted by Crippen LogP contribution is -2.44. The van der Waals surface area contributed by atoms with Crippen molar-refractivity contribution in [2.75, 3.05) is 37.6 Å². The molecule has 28 heavy (non-hydrogen) atoms. The number of ether oxygens (including phenoxy) is 1. The zero-order chi connectivity index (χ0) is 19.9. The number of hydrogen-bond acceptors (Lipinski definition) is 6. The second-order valence-electron chi connectivity index (χ2n) is 7.79. The molecule has 0 aliphatic carbocycles. The lowest BCUT2D eigenvalue weighted by Gasteiger charge is -2.23. The van der Waals surface area contributed by atoms with E-state index in [1.165, 1.54) is 0 Å². The van der Waals surface area contributed by atoms with Crippen LogP contribution in [0.5, 0.6) is 0 Å². The molecule has 1 N–H and O–H groups in total. The van der Waals surface area contributed by atoms with Crippen LogP contribution < -0.4 is 10.2 Å². The lowest BCUT2D eigenvalue weighted by atomic mass is 9.77. The van der Waals surface area contributed by atoms with Crippen molar-refractivity contribution < 1.29 is 18.8 Å². The van der Waals surface area contributed by atoms with E-state index >= 15 is 0 Å². The van der Waals surface area contributed by atoms with Gasteiger partial charge in [0.25, 0.3) is 0 Å². The van der Waals surface area contributed by atoms with Crippen molar-refractivity contribution in [2.45, 2.75) is 38.9 Å². The van der Waals surface area contributed by atoms with Crippen molar-refractivity contribution in [2.24, 2.45) is 11.8 Å². The van der Waals surface area contributed by atoms with Crippen LogP contribution in [-0.2, 0) is 14.3 Å². The number of carbonyl (C=O) groups excluding carboxylic acids is 2. The van der Waals surface area contributed by atoms with E-state index in [-0.39, 0.29) is 17.9 Å².